The Morgan fingerprint density at radius 2 is 2.07 bits per heavy atom. The molecule has 6 heteroatoms. The first-order valence-corrected chi connectivity index (χ1v) is 9.28. The van der Waals surface area contributed by atoms with Crippen molar-refractivity contribution in [2.24, 2.45) is 0 Å². The van der Waals surface area contributed by atoms with Gasteiger partial charge in [-0.1, -0.05) is 18.2 Å². The van der Waals surface area contributed by atoms with E-state index in [0.717, 1.165) is 11.3 Å². The van der Waals surface area contributed by atoms with Gasteiger partial charge in [0.1, 0.15) is 24.0 Å². The molecule has 0 saturated carbocycles. The number of aromatic nitrogens is 1. The van der Waals surface area contributed by atoms with E-state index in [1.807, 2.05) is 18.2 Å². The van der Waals surface area contributed by atoms with E-state index in [2.05, 4.69) is 9.88 Å². The zero-order valence-corrected chi connectivity index (χ0v) is 15.5. The number of rotatable bonds is 3. The van der Waals surface area contributed by atoms with Crippen LogP contribution in [0.2, 0.25) is 0 Å². The largest absolute Gasteiger partial charge is 0.478 e. The summed E-state index contributed by atoms with van der Waals surface area (Å²) in [5.74, 6) is 0.828. The van der Waals surface area contributed by atoms with E-state index in [4.69, 9.17) is 9.47 Å². The predicted molar refractivity (Wildman–Crippen MR) is 105 cm³/mol. The number of halogens is 1. The van der Waals surface area contributed by atoms with Crippen LogP contribution in [0.4, 0.5) is 4.39 Å². The molecule has 0 bridgehead atoms. The van der Waals surface area contributed by atoms with Crippen LogP contribution in [0.15, 0.2) is 66.6 Å². The van der Waals surface area contributed by atoms with Gasteiger partial charge in [-0.2, -0.15) is 0 Å². The lowest BCUT2D eigenvalue weighted by atomic mass is 10.0. The Morgan fingerprint density at radius 3 is 2.90 bits per heavy atom. The van der Waals surface area contributed by atoms with Gasteiger partial charge in [0.25, 0.3) is 0 Å². The molecule has 0 radical (unpaired) electrons. The number of Topliss-reactive ketones (excluding diaryl/α,β-unsaturated/α-hetero) is 1. The molecule has 5 nitrogen and oxygen atoms in total. The van der Waals surface area contributed by atoms with Gasteiger partial charge >= 0.3 is 0 Å². The minimum absolute atomic E-state index is 0.181. The fourth-order valence-electron chi connectivity index (χ4n) is 3.57. The van der Waals surface area contributed by atoms with Crippen molar-refractivity contribution < 1.29 is 18.7 Å². The fourth-order valence-corrected chi connectivity index (χ4v) is 3.57. The fraction of sp³-hybridized carbons (Fsp3) is 0.130. The molecule has 3 aromatic rings. The number of ketones is 1. The van der Waals surface area contributed by atoms with Gasteiger partial charge in [0.05, 0.1) is 16.8 Å². The second-order valence-electron chi connectivity index (χ2n) is 7.00. The van der Waals surface area contributed by atoms with Crippen molar-refractivity contribution >= 4 is 11.9 Å². The van der Waals surface area contributed by atoms with Crippen LogP contribution in [0.25, 0.3) is 6.08 Å². The van der Waals surface area contributed by atoms with Gasteiger partial charge in [-0.25, -0.2) is 4.39 Å². The van der Waals surface area contributed by atoms with Gasteiger partial charge in [0.15, 0.2) is 5.76 Å². The molecular formula is C23H17FN2O3. The minimum atomic E-state index is -0.363. The number of ether oxygens (including phenoxy) is 2. The zero-order chi connectivity index (χ0) is 19.8. The van der Waals surface area contributed by atoms with Gasteiger partial charge in [0.2, 0.25) is 5.78 Å². The van der Waals surface area contributed by atoms with Gasteiger partial charge in [-0.3, -0.25) is 14.7 Å². The zero-order valence-electron chi connectivity index (χ0n) is 15.5. The number of hydrogen-bond donors (Lipinski definition) is 0. The molecule has 29 heavy (non-hydrogen) atoms. The van der Waals surface area contributed by atoms with Crippen LogP contribution < -0.4 is 9.47 Å². The summed E-state index contributed by atoms with van der Waals surface area (Å²) in [7, 11) is 0. The van der Waals surface area contributed by atoms with Crippen LogP contribution in [0.1, 0.15) is 27.2 Å². The van der Waals surface area contributed by atoms with Crippen LogP contribution in [-0.4, -0.2) is 22.4 Å². The molecular weight excluding hydrogens is 371 g/mol. The summed E-state index contributed by atoms with van der Waals surface area (Å²) in [6, 6.07) is 15.4. The highest BCUT2D eigenvalue weighted by atomic mass is 19.1. The molecule has 0 amide bonds. The molecule has 0 unspecified atom stereocenters. The lowest BCUT2D eigenvalue weighted by molar-refractivity contribution is 0.0861. The molecule has 0 spiro atoms. The summed E-state index contributed by atoms with van der Waals surface area (Å²) < 4.78 is 25.3. The van der Waals surface area contributed by atoms with E-state index >= 15 is 0 Å². The molecule has 3 heterocycles. The maximum absolute atomic E-state index is 13.5. The number of benzene rings is 2. The number of carbonyl (C=O) groups excluding carboxylic acids is 1. The number of pyridine rings is 1. The standard InChI is InChI=1S/C23H17FN2O3/c24-16-5-3-4-15(10-16)11-21-22(27)18-7-8-20-19(23(18)29-21)13-26(14-28-20)12-17-6-1-2-9-25-17/h1-11H,12-14H2. The Morgan fingerprint density at radius 1 is 1.14 bits per heavy atom. The molecule has 0 fully saturated rings. The molecule has 0 aliphatic carbocycles. The molecule has 0 saturated heterocycles. The van der Waals surface area contributed by atoms with E-state index in [-0.39, 0.29) is 17.4 Å². The number of carbonyl (C=O) groups is 1. The molecule has 0 atom stereocenters. The van der Waals surface area contributed by atoms with Gasteiger partial charge in [0, 0.05) is 19.3 Å². The third kappa shape index (κ3) is 3.39. The molecule has 5 rings (SSSR count). The van der Waals surface area contributed by atoms with E-state index in [1.54, 1.807) is 36.5 Å². The van der Waals surface area contributed by atoms with Crippen LogP contribution in [0.3, 0.4) is 0 Å². The average Bonchev–Trinajstić information content (AvgIpc) is 3.05. The Balaban J connectivity index is 1.44. The molecule has 2 aliphatic heterocycles. The number of hydrogen-bond acceptors (Lipinski definition) is 5. The summed E-state index contributed by atoms with van der Waals surface area (Å²) in [6.07, 6.45) is 3.32. The second kappa shape index (κ2) is 7.14. The first-order chi connectivity index (χ1) is 14.2. The van der Waals surface area contributed by atoms with Crippen LogP contribution in [0.5, 0.6) is 11.5 Å². The second-order valence-corrected chi connectivity index (χ2v) is 7.00. The van der Waals surface area contributed by atoms with Crippen molar-refractivity contribution in [1.82, 2.24) is 9.88 Å². The maximum Gasteiger partial charge on any atom is 0.231 e. The minimum Gasteiger partial charge on any atom is -0.478 e. The van der Waals surface area contributed by atoms with E-state index in [9.17, 15) is 9.18 Å². The number of nitrogens with zero attached hydrogens (tertiary/aromatic N) is 2. The SMILES string of the molecule is O=C1C(=Cc2cccc(F)c2)Oc2c1ccc1c2CN(Cc2ccccn2)CO1. The van der Waals surface area contributed by atoms with E-state index in [0.29, 0.717) is 42.4 Å². The summed E-state index contributed by atoms with van der Waals surface area (Å²) in [6.45, 7) is 1.64. The van der Waals surface area contributed by atoms with Crippen LogP contribution >= 0.6 is 0 Å². The number of allylic oxidation sites excluding steroid dienone is 1. The highest BCUT2D eigenvalue weighted by Crippen LogP contribution is 2.42. The van der Waals surface area contributed by atoms with Crippen LogP contribution in [0, 0.1) is 5.82 Å². The highest BCUT2D eigenvalue weighted by molar-refractivity contribution is 6.15. The van der Waals surface area contributed by atoms with Gasteiger partial charge < -0.3 is 9.47 Å². The topological polar surface area (TPSA) is 51.7 Å². The smallest absolute Gasteiger partial charge is 0.231 e. The summed E-state index contributed by atoms with van der Waals surface area (Å²) in [4.78, 5) is 19.2. The summed E-state index contributed by atoms with van der Waals surface area (Å²) in [5, 5.41) is 0. The summed E-state index contributed by atoms with van der Waals surface area (Å²) >= 11 is 0. The molecule has 1 aromatic heterocycles. The van der Waals surface area contributed by atoms with Crippen molar-refractivity contribution in [3.63, 3.8) is 0 Å². The van der Waals surface area contributed by atoms with Gasteiger partial charge in [-0.15, -0.1) is 0 Å². The third-order valence-electron chi connectivity index (χ3n) is 4.94. The quantitative estimate of drug-likeness (QED) is 0.630. The monoisotopic (exact) mass is 388 g/mol. The van der Waals surface area contributed by atoms with E-state index in [1.165, 1.54) is 12.1 Å². The van der Waals surface area contributed by atoms with Crippen LogP contribution in [-0.2, 0) is 13.1 Å². The lowest BCUT2D eigenvalue weighted by Gasteiger charge is -2.29. The number of fused-ring (bicyclic) bond motifs is 3. The first-order valence-electron chi connectivity index (χ1n) is 9.28. The van der Waals surface area contributed by atoms with Crippen molar-refractivity contribution in [3.05, 3.63) is 94.8 Å². The molecule has 2 aliphatic rings. The highest BCUT2D eigenvalue weighted by Gasteiger charge is 2.33. The predicted octanol–water partition coefficient (Wildman–Crippen LogP) is 4.19. The normalized spacial score (nSPS) is 16.9. The van der Waals surface area contributed by atoms with Crippen molar-refractivity contribution in [3.8, 4) is 11.5 Å². The molecule has 0 N–H and O–H groups in total. The third-order valence-corrected chi connectivity index (χ3v) is 4.94. The van der Waals surface area contributed by atoms with Crippen molar-refractivity contribution in [1.29, 1.82) is 0 Å². The Bertz CT molecular complexity index is 1130. The maximum atomic E-state index is 13.5. The lowest BCUT2D eigenvalue weighted by Crippen LogP contribution is -2.32. The van der Waals surface area contributed by atoms with Gasteiger partial charge in [-0.05, 0) is 48.0 Å². The Labute approximate surface area is 167 Å². The van der Waals surface area contributed by atoms with Crippen molar-refractivity contribution in [2.45, 2.75) is 13.1 Å². The Hall–Kier alpha value is -3.51. The van der Waals surface area contributed by atoms with E-state index < -0.39 is 0 Å². The average molecular weight is 388 g/mol. The first kappa shape index (κ1) is 17.6. The summed E-state index contributed by atoms with van der Waals surface area (Å²) in [5.41, 5.74) is 2.84. The Kier molecular flexibility index (Phi) is 4.33. The molecule has 144 valence electrons. The molecule has 2 aromatic carbocycles. The van der Waals surface area contributed by atoms with Crippen molar-refractivity contribution in [2.75, 3.05) is 6.73 Å².